The highest BCUT2D eigenvalue weighted by atomic mass is 32.1. The van der Waals surface area contributed by atoms with Crippen molar-refractivity contribution in [3.05, 3.63) is 0 Å². The molecule has 2 N–H and O–H groups in total. The molecule has 1 saturated heterocycles. The fraction of sp³-hybridized carbons (Fsp3) is 0.667. The van der Waals surface area contributed by atoms with Crippen LogP contribution in [-0.2, 0) is 0 Å². The van der Waals surface area contributed by atoms with E-state index in [0.717, 1.165) is 0 Å². The van der Waals surface area contributed by atoms with Crippen molar-refractivity contribution in [1.29, 1.82) is 0 Å². The summed E-state index contributed by atoms with van der Waals surface area (Å²) < 4.78 is 0. The van der Waals surface area contributed by atoms with Gasteiger partial charge in [0.1, 0.15) is 0 Å². The van der Waals surface area contributed by atoms with Crippen LogP contribution in [0.25, 0.3) is 0 Å². The second-order valence-electron chi connectivity index (χ2n) is 1.59. The molecule has 0 aromatic rings. The minimum absolute atomic E-state index is 0.688. The quantitative estimate of drug-likeness (QED) is 0.416. The van der Waals surface area contributed by atoms with Crippen LogP contribution in [0.1, 0.15) is 0 Å². The van der Waals surface area contributed by atoms with E-state index in [4.69, 9.17) is 12.2 Å². The summed E-state index contributed by atoms with van der Waals surface area (Å²) in [5, 5.41) is 4.23. The average Bonchev–Trinajstić information content (AvgIpc) is 1.98. The standard InChI is InChI=1S/C3H8N4S/c1-6-3(8)4-5-7(6)2/h5H,1-2H3,(H,4,8). The first kappa shape index (κ1) is 5.74. The lowest BCUT2D eigenvalue weighted by molar-refractivity contribution is 0.0775. The third-order valence-corrected chi connectivity index (χ3v) is 1.43. The number of nitrogens with zero attached hydrogens (tertiary/aromatic N) is 2. The lowest BCUT2D eigenvalue weighted by Crippen LogP contribution is -2.37. The van der Waals surface area contributed by atoms with E-state index in [-0.39, 0.29) is 0 Å². The first-order chi connectivity index (χ1) is 3.72. The number of thiocarbonyl (C=S) groups is 1. The molecule has 46 valence electrons. The molecule has 1 aliphatic heterocycles. The molecule has 1 aliphatic rings. The van der Waals surface area contributed by atoms with Crippen LogP contribution in [0.3, 0.4) is 0 Å². The van der Waals surface area contributed by atoms with Crippen LogP contribution in [-0.4, -0.2) is 29.3 Å². The molecule has 1 fully saturated rings. The second kappa shape index (κ2) is 1.85. The summed E-state index contributed by atoms with van der Waals surface area (Å²) in [7, 11) is 3.74. The molecule has 0 saturated carbocycles. The van der Waals surface area contributed by atoms with Gasteiger partial charge in [0.05, 0.1) is 0 Å². The Morgan fingerprint density at radius 1 is 1.50 bits per heavy atom. The molecule has 0 amide bonds. The summed E-state index contributed by atoms with van der Waals surface area (Å²) in [5.41, 5.74) is 5.54. The van der Waals surface area contributed by atoms with E-state index in [1.807, 2.05) is 14.1 Å². The number of hydrazine groups is 3. The van der Waals surface area contributed by atoms with Crippen LogP contribution in [0, 0.1) is 0 Å². The van der Waals surface area contributed by atoms with Crippen molar-refractivity contribution < 1.29 is 0 Å². The Balaban J connectivity index is 2.56. The predicted octanol–water partition coefficient (Wildman–Crippen LogP) is -0.927. The van der Waals surface area contributed by atoms with E-state index < -0.39 is 0 Å². The summed E-state index contributed by atoms with van der Waals surface area (Å²) >= 11 is 4.83. The zero-order chi connectivity index (χ0) is 6.15. The summed E-state index contributed by atoms with van der Waals surface area (Å²) in [4.78, 5) is 0. The first-order valence-corrected chi connectivity index (χ1v) is 2.65. The third-order valence-electron chi connectivity index (χ3n) is 1.07. The lowest BCUT2D eigenvalue weighted by Gasteiger charge is -2.15. The summed E-state index contributed by atoms with van der Waals surface area (Å²) in [6, 6.07) is 0. The molecule has 0 bridgehead atoms. The molecular weight excluding hydrogens is 124 g/mol. The molecule has 0 aromatic heterocycles. The van der Waals surface area contributed by atoms with E-state index in [1.165, 1.54) is 0 Å². The van der Waals surface area contributed by atoms with Gasteiger partial charge in [-0.25, -0.2) is 0 Å². The van der Waals surface area contributed by atoms with Gasteiger partial charge in [0.25, 0.3) is 0 Å². The zero-order valence-corrected chi connectivity index (χ0v) is 5.62. The summed E-state index contributed by atoms with van der Waals surface area (Å²) in [5.74, 6) is 0. The zero-order valence-electron chi connectivity index (χ0n) is 4.80. The Hall–Kier alpha value is -0.390. The molecule has 8 heavy (non-hydrogen) atoms. The molecule has 5 heteroatoms. The lowest BCUT2D eigenvalue weighted by atomic mass is 11.0. The number of nitrogens with one attached hydrogen (secondary N) is 2. The van der Waals surface area contributed by atoms with Gasteiger partial charge in [-0.3, -0.25) is 10.4 Å². The van der Waals surface area contributed by atoms with Crippen molar-refractivity contribution in [2.24, 2.45) is 0 Å². The highest BCUT2D eigenvalue weighted by molar-refractivity contribution is 7.80. The molecule has 4 nitrogen and oxygen atoms in total. The fourth-order valence-electron chi connectivity index (χ4n) is 0.421. The minimum Gasteiger partial charge on any atom is -0.282 e. The highest BCUT2D eigenvalue weighted by Crippen LogP contribution is 1.91. The van der Waals surface area contributed by atoms with Crippen LogP contribution >= 0.6 is 12.2 Å². The molecule has 0 atom stereocenters. The molecule has 0 aliphatic carbocycles. The van der Waals surface area contributed by atoms with E-state index in [9.17, 15) is 0 Å². The van der Waals surface area contributed by atoms with Crippen LogP contribution in [0.5, 0.6) is 0 Å². The Morgan fingerprint density at radius 3 is 2.25 bits per heavy atom. The van der Waals surface area contributed by atoms with Crippen molar-refractivity contribution in [3.8, 4) is 0 Å². The van der Waals surface area contributed by atoms with Crippen LogP contribution < -0.4 is 11.0 Å². The van der Waals surface area contributed by atoms with Crippen LogP contribution in [0.4, 0.5) is 0 Å². The molecule has 0 spiro atoms. The van der Waals surface area contributed by atoms with Gasteiger partial charge in [-0.2, -0.15) is 0 Å². The van der Waals surface area contributed by atoms with E-state index in [0.29, 0.717) is 5.11 Å². The van der Waals surface area contributed by atoms with Crippen molar-refractivity contribution >= 4 is 17.3 Å². The van der Waals surface area contributed by atoms with E-state index in [2.05, 4.69) is 11.0 Å². The molecule has 0 radical (unpaired) electrons. The van der Waals surface area contributed by atoms with Crippen molar-refractivity contribution in [2.45, 2.75) is 0 Å². The maximum atomic E-state index is 4.83. The monoisotopic (exact) mass is 132 g/mol. The Bertz CT molecular complexity index is 114. The number of hydrogen-bond donors (Lipinski definition) is 2. The molecule has 0 unspecified atom stereocenters. The van der Waals surface area contributed by atoms with E-state index in [1.54, 1.807) is 10.1 Å². The maximum Gasteiger partial charge on any atom is 0.200 e. The van der Waals surface area contributed by atoms with Gasteiger partial charge in [-0.05, 0) is 12.2 Å². The minimum atomic E-state index is 0.688. The number of hydrogen-bond acceptors (Lipinski definition) is 3. The Morgan fingerprint density at radius 2 is 2.12 bits per heavy atom. The van der Waals surface area contributed by atoms with Crippen LogP contribution in [0.2, 0.25) is 0 Å². The van der Waals surface area contributed by atoms with Crippen LogP contribution in [0.15, 0.2) is 0 Å². The Kier molecular flexibility index (Phi) is 1.33. The van der Waals surface area contributed by atoms with Crippen molar-refractivity contribution in [1.82, 2.24) is 21.1 Å². The summed E-state index contributed by atoms with van der Waals surface area (Å²) in [6.07, 6.45) is 0. The largest absolute Gasteiger partial charge is 0.282 e. The second-order valence-corrected chi connectivity index (χ2v) is 1.98. The molecular formula is C3H8N4S. The fourth-order valence-corrected chi connectivity index (χ4v) is 0.589. The highest BCUT2D eigenvalue weighted by Gasteiger charge is 2.15. The number of rotatable bonds is 0. The average molecular weight is 132 g/mol. The SMILES string of the molecule is CN1NNC(=S)N1C. The molecule has 1 heterocycles. The normalized spacial score (nSPS) is 21.8. The van der Waals surface area contributed by atoms with Crippen molar-refractivity contribution in [2.75, 3.05) is 14.1 Å². The predicted molar refractivity (Wildman–Crippen MR) is 34.4 cm³/mol. The van der Waals surface area contributed by atoms with Crippen molar-refractivity contribution in [3.63, 3.8) is 0 Å². The van der Waals surface area contributed by atoms with Gasteiger partial charge in [0, 0.05) is 14.1 Å². The first-order valence-electron chi connectivity index (χ1n) is 2.25. The third kappa shape index (κ3) is 0.750. The Labute approximate surface area is 53.4 Å². The maximum absolute atomic E-state index is 4.83. The van der Waals surface area contributed by atoms with Gasteiger partial charge in [-0.1, -0.05) is 0 Å². The molecule has 1 rings (SSSR count). The summed E-state index contributed by atoms with van der Waals surface area (Å²) in [6.45, 7) is 0. The topological polar surface area (TPSA) is 30.5 Å². The van der Waals surface area contributed by atoms with Gasteiger partial charge in [-0.15, -0.1) is 10.7 Å². The molecule has 0 aromatic carbocycles. The van der Waals surface area contributed by atoms with Gasteiger partial charge in [0.2, 0.25) is 0 Å². The van der Waals surface area contributed by atoms with Gasteiger partial charge < -0.3 is 0 Å². The van der Waals surface area contributed by atoms with Gasteiger partial charge in [0.15, 0.2) is 5.11 Å². The van der Waals surface area contributed by atoms with Gasteiger partial charge >= 0.3 is 0 Å². The van der Waals surface area contributed by atoms with E-state index >= 15 is 0 Å². The smallest absolute Gasteiger partial charge is 0.200 e.